The van der Waals surface area contributed by atoms with Gasteiger partial charge in [-0.3, -0.25) is 4.79 Å². The number of nitrogens with zero attached hydrogens (tertiary/aromatic N) is 5. The minimum atomic E-state index is -0.205. The van der Waals surface area contributed by atoms with Crippen molar-refractivity contribution in [3.8, 4) is 5.69 Å². The van der Waals surface area contributed by atoms with Crippen LogP contribution < -0.4 is 0 Å². The molecule has 0 radical (unpaired) electrons. The molecule has 3 rings (SSSR count). The number of aromatic nitrogens is 5. The summed E-state index contributed by atoms with van der Waals surface area (Å²) in [5.74, 6) is -0.205. The molecule has 7 heteroatoms. The summed E-state index contributed by atoms with van der Waals surface area (Å²) < 4.78 is 5.40. The Labute approximate surface area is 131 Å². The molecule has 0 bridgehead atoms. The quantitative estimate of drug-likeness (QED) is 0.547. The van der Waals surface area contributed by atoms with Crippen LogP contribution in [0.3, 0.4) is 0 Å². The fourth-order valence-electron chi connectivity index (χ4n) is 1.97. The summed E-state index contributed by atoms with van der Waals surface area (Å²) in [6.45, 7) is 3.84. The van der Waals surface area contributed by atoms with Gasteiger partial charge in [0.1, 0.15) is 0 Å². The first-order chi connectivity index (χ1) is 10.6. The molecule has 2 aromatic heterocycles. The van der Waals surface area contributed by atoms with Crippen LogP contribution in [0.1, 0.15) is 27.4 Å². The van der Waals surface area contributed by atoms with Gasteiger partial charge >= 0.3 is 0 Å². The Hall–Kier alpha value is -2.67. The first-order valence-electron chi connectivity index (χ1n) is 6.64. The zero-order valence-electron chi connectivity index (χ0n) is 12.1. The SMILES string of the molecule is Cc1ccc(-n2nnc(C(=O)C=Cc3csnn3)c2C)cc1. The zero-order valence-corrected chi connectivity index (χ0v) is 12.9. The van der Waals surface area contributed by atoms with Crippen molar-refractivity contribution in [3.63, 3.8) is 0 Å². The molecule has 0 aliphatic rings. The van der Waals surface area contributed by atoms with Crippen LogP contribution in [0, 0.1) is 13.8 Å². The number of hydrogen-bond acceptors (Lipinski definition) is 6. The van der Waals surface area contributed by atoms with Crippen molar-refractivity contribution < 1.29 is 4.79 Å². The van der Waals surface area contributed by atoms with Crippen LogP contribution >= 0.6 is 11.5 Å². The number of carbonyl (C=O) groups is 1. The third-order valence-electron chi connectivity index (χ3n) is 3.19. The summed E-state index contributed by atoms with van der Waals surface area (Å²) in [6, 6.07) is 7.88. The maximum atomic E-state index is 12.2. The number of hydrogen-bond donors (Lipinski definition) is 0. The van der Waals surface area contributed by atoms with Gasteiger partial charge in [-0.15, -0.1) is 10.2 Å². The molecule has 6 nitrogen and oxygen atoms in total. The Morgan fingerprint density at radius 2 is 1.95 bits per heavy atom. The normalized spacial score (nSPS) is 11.2. The highest BCUT2D eigenvalue weighted by Crippen LogP contribution is 2.14. The molecule has 0 atom stereocenters. The summed E-state index contributed by atoms with van der Waals surface area (Å²) in [6.07, 6.45) is 3.06. The molecule has 0 amide bonds. The first-order valence-corrected chi connectivity index (χ1v) is 7.47. The predicted molar refractivity (Wildman–Crippen MR) is 84.1 cm³/mol. The third kappa shape index (κ3) is 2.84. The molecule has 110 valence electrons. The van der Waals surface area contributed by atoms with E-state index in [0.717, 1.165) is 11.3 Å². The first kappa shape index (κ1) is 14.3. The van der Waals surface area contributed by atoms with E-state index in [1.165, 1.54) is 17.6 Å². The van der Waals surface area contributed by atoms with Crippen molar-refractivity contribution in [1.82, 2.24) is 24.6 Å². The van der Waals surface area contributed by atoms with Crippen molar-refractivity contribution in [2.75, 3.05) is 0 Å². The highest BCUT2D eigenvalue weighted by Gasteiger charge is 2.15. The lowest BCUT2D eigenvalue weighted by molar-refractivity contribution is 0.104. The van der Waals surface area contributed by atoms with Crippen LogP contribution in [0.15, 0.2) is 35.7 Å². The van der Waals surface area contributed by atoms with Gasteiger partial charge < -0.3 is 0 Å². The van der Waals surface area contributed by atoms with Gasteiger partial charge in [0.05, 0.1) is 17.1 Å². The lowest BCUT2D eigenvalue weighted by Gasteiger charge is -2.03. The molecule has 3 aromatic rings. The molecule has 0 saturated carbocycles. The Morgan fingerprint density at radius 3 is 2.64 bits per heavy atom. The minimum absolute atomic E-state index is 0.205. The number of ketones is 1. The van der Waals surface area contributed by atoms with E-state index in [2.05, 4.69) is 19.9 Å². The lowest BCUT2D eigenvalue weighted by Crippen LogP contribution is -2.01. The summed E-state index contributed by atoms with van der Waals surface area (Å²) >= 11 is 1.24. The van der Waals surface area contributed by atoms with Crippen LogP contribution in [0.4, 0.5) is 0 Å². The van der Waals surface area contributed by atoms with Crippen molar-refractivity contribution in [2.24, 2.45) is 0 Å². The highest BCUT2D eigenvalue weighted by molar-refractivity contribution is 7.03. The van der Waals surface area contributed by atoms with E-state index in [4.69, 9.17) is 0 Å². The zero-order chi connectivity index (χ0) is 15.5. The molecular formula is C15H13N5OS. The lowest BCUT2D eigenvalue weighted by atomic mass is 10.2. The largest absolute Gasteiger partial charge is 0.287 e. The number of carbonyl (C=O) groups excluding carboxylic acids is 1. The van der Waals surface area contributed by atoms with E-state index < -0.39 is 0 Å². The summed E-state index contributed by atoms with van der Waals surface area (Å²) in [5, 5.41) is 13.7. The second-order valence-corrected chi connectivity index (χ2v) is 5.41. The van der Waals surface area contributed by atoms with Gasteiger partial charge in [0.25, 0.3) is 0 Å². The van der Waals surface area contributed by atoms with E-state index in [9.17, 15) is 4.79 Å². The number of benzene rings is 1. The van der Waals surface area contributed by atoms with Gasteiger partial charge in [0.15, 0.2) is 5.69 Å². The summed E-state index contributed by atoms with van der Waals surface area (Å²) in [5.41, 5.74) is 3.73. The molecule has 0 saturated heterocycles. The Morgan fingerprint density at radius 1 is 1.18 bits per heavy atom. The van der Waals surface area contributed by atoms with E-state index in [0.29, 0.717) is 17.1 Å². The maximum Gasteiger partial charge on any atom is 0.208 e. The Balaban J connectivity index is 1.87. The molecule has 0 spiro atoms. The second kappa shape index (κ2) is 5.98. The maximum absolute atomic E-state index is 12.2. The average molecular weight is 311 g/mol. The minimum Gasteiger partial charge on any atom is -0.287 e. The van der Waals surface area contributed by atoms with Crippen molar-refractivity contribution in [2.45, 2.75) is 13.8 Å². The van der Waals surface area contributed by atoms with E-state index in [-0.39, 0.29) is 5.78 Å². The summed E-state index contributed by atoms with van der Waals surface area (Å²) in [4.78, 5) is 12.2. The second-order valence-electron chi connectivity index (χ2n) is 4.80. The van der Waals surface area contributed by atoms with Gasteiger partial charge in [-0.2, -0.15) is 0 Å². The van der Waals surface area contributed by atoms with E-state index in [1.54, 1.807) is 16.1 Å². The number of allylic oxidation sites excluding steroid dienone is 1. The van der Waals surface area contributed by atoms with Gasteiger partial charge in [0.2, 0.25) is 5.78 Å². The van der Waals surface area contributed by atoms with Gasteiger partial charge in [-0.1, -0.05) is 27.4 Å². The fourth-order valence-corrected chi connectivity index (χ4v) is 2.39. The molecule has 22 heavy (non-hydrogen) atoms. The molecule has 0 aliphatic carbocycles. The van der Waals surface area contributed by atoms with E-state index in [1.807, 2.05) is 38.1 Å². The average Bonchev–Trinajstić information content (AvgIpc) is 3.15. The van der Waals surface area contributed by atoms with Gasteiger partial charge in [0, 0.05) is 5.38 Å². The van der Waals surface area contributed by atoms with Crippen molar-refractivity contribution >= 4 is 23.4 Å². The molecule has 0 N–H and O–H groups in total. The summed E-state index contributed by atoms with van der Waals surface area (Å²) in [7, 11) is 0. The van der Waals surface area contributed by atoms with Crippen LogP contribution in [-0.4, -0.2) is 30.4 Å². The van der Waals surface area contributed by atoms with Crippen molar-refractivity contribution in [3.05, 3.63) is 58.4 Å². The smallest absolute Gasteiger partial charge is 0.208 e. The topological polar surface area (TPSA) is 73.6 Å². The molecule has 1 aromatic carbocycles. The molecular weight excluding hydrogens is 298 g/mol. The van der Waals surface area contributed by atoms with E-state index >= 15 is 0 Å². The number of rotatable bonds is 4. The molecule has 0 fully saturated rings. The van der Waals surface area contributed by atoms with Crippen molar-refractivity contribution in [1.29, 1.82) is 0 Å². The van der Waals surface area contributed by atoms with Gasteiger partial charge in [-0.25, -0.2) is 4.68 Å². The Bertz CT molecular complexity index is 818. The predicted octanol–water partition coefficient (Wildman–Crippen LogP) is 2.63. The van der Waals surface area contributed by atoms with Gasteiger partial charge in [-0.05, 0) is 49.7 Å². The fraction of sp³-hybridized carbons (Fsp3) is 0.133. The van der Waals surface area contributed by atoms with Crippen LogP contribution in [0.5, 0.6) is 0 Å². The number of aryl methyl sites for hydroxylation is 1. The highest BCUT2D eigenvalue weighted by atomic mass is 32.1. The Kier molecular flexibility index (Phi) is 3.88. The van der Waals surface area contributed by atoms with Crippen LogP contribution in [-0.2, 0) is 0 Å². The third-order valence-corrected chi connectivity index (χ3v) is 3.71. The van der Waals surface area contributed by atoms with Crippen LogP contribution in [0.25, 0.3) is 11.8 Å². The molecule has 0 aliphatic heterocycles. The molecule has 2 heterocycles. The van der Waals surface area contributed by atoms with Crippen LogP contribution in [0.2, 0.25) is 0 Å². The standard InChI is InChI=1S/C15H13N5OS/c1-10-3-6-13(7-4-10)20-11(2)15(17-18-20)14(21)8-5-12-9-22-19-16-12/h3-9H,1-2H3. The molecule has 0 unspecified atom stereocenters. The monoisotopic (exact) mass is 311 g/mol.